The monoisotopic (exact) mass is 710 g/mol. The molecule has 0 radical (unpaired) electrons. The molecule has 0 aliphatic rings. The number of aromatic nitrogens is 2. The molecule has 6 N–H and O–H groups in total. The van der Waals surface area contributed by atoms with Crippen LogP contribution in [0.15, 0.2) is 108 Å². The number of nitrogens with zero attached hydrogens (tertiary/aromatic N) is 2. The summed E-state index contributed by atoms with van der Waals surface area (Å²) in [5, 5.41) is 8.98. The molecule has 11 nitrogen and oxygen atoms in total. The van der Waals surface area contributed by atoms with Crippen molar-refractivity contribution in [3.05, 3.63) is 120 Å². The van der Waals surface area contributed by atoms with Gasteiger partial charge < -0.3 is 26.0 Å². The van der Waals surface area contributed by atoms with Crippen molar-refractivity contribution in [2.45, 2.75) is 36.6 Å². The van der Waals surface area contributed by atoms with Crippen molar-refractivity contribution in [3.8, 4) is 34.0 Å². The van der Waals surface area contributed by atoms with Crippen molar-refractivity contribution >= 4 is 22.0 Å². The van der Waals surface area contributed by atoms with E-state index in [2.05, 4.69) is 9.97 Å². The third-order valence-corrected chi connectivity index (χ3v) is 8.08. The van der Waals surface area contributed by atoms with Crippen LogP contribution in [0.5, 0.6) is 11.6 Å². The van der Waals surface area contributed by atoms with Crippen molar-refractivity contribution in [2.75, 3.05) is 12.8 Å². The molecule has 0 bridgehead atoms. The number of rotatable bonds is 10. The lowest BCUT2D eigenvalue weighted by atomic mass is 10.0. The van der Waals surface area contributed by atoms with Crippen molar-refractivity contribution in [3.63, 3.8) is 0 Å². The largest absolute Gasteiger partial charge is 0.497 e. The molecule has 4 aromatic carbocycles. The Hall–Kier alpha value is -5.51. The van der Waals surface area contributed by atoms with Gasteiger partial charge in [-0.05, 0) is 54.3 Å². The molecule has 1 aromatic heterocycles. The van der Waals surface area contributed by atoms with Gasteiger partial charge in [0.05, 0.1) is 17.7 Å². The minimum absolute atomic E-state index is 0.0666. The van der Waals surface area contributed by atoms with Gasteiger partial charge in [-0.3, -0.25) is 9.35 Å². The molecule has 0 spiro atoms. The number of hydrogen-bond acceptors (Lipinski definition) is 9. The number of anilines is 1. The zero-order valence-electron chi connectivity index (χ0n) is 26.7. The fourth-order valence-electron chi connectivity index (χ4n) is 4.61. The lowest BCUT2D eigenvalue weighted by molar-refractivity contribution is -0.198. The van der Waals surface area contributed by atoms with Crippen LogP contribution in [0, 0.1) is 6.92 Å². The first-order chi connectivity index (χ1) is 23.5. The van der Waals surface area contributed by atoms with E-state index in [-0.39, 0.29) is 34.4 Å². The van der Waals surface area contributed by atoms with Crippen LogP contribution in [-0.2, 0) is 21.3 Å². The number of benzene rings is 4. The molecule has 0 fully saturated rings. The van der Waals surface area contributed by atoms with Crippen LogP contribution in [0.4, 0.5) is 19.1 Å². The number of ether oxygens (including phenoxy) is 2. The van der Waals surface area contributed by atoms with Gasteiger partial charge in [-0.1, -0.05) is 78.4 Å². The molecular weight excluding hydrogens is 677 g/mol. The van der Waals surface area contributed by atoms with Crippen molar-refractivity contribution in [2.24, 2.45) is 5.73 Å². The standard InChI is InChI=1S/C28H25F3N4O4.C7H8O3S/c1-38-21-4-2-3-20(14-21)17-9-11-19(12-10-17)25(28(29,30)31)39-24-15-23(34-27(33)35-24)18-7-5-16(6-8-18)13-22(32)26(36)37;1-6-2-4-7(5-3-6)11(8,9)10/h2-12,14-15,22,25H,13,32H2,1H3,(H,36,37)(H2,33,34,35);2-5H,1H3,(H,8,9,10)/t22?,25-;/m1./s1. The quantitative estimate of drug-likeness (QED) is 0.119. The lowest BCUT2D eigenvalue weighted by Gasteiger charge is -2.22. The number of aryl methyl sites for hydroxylation is 1. The van der Waals surface area contributed by atoms with Crippen molar-refractivity contribution < 1.29 is 45.5 Å². The van der Waals surface area contributed by atoms with Crippen LogP contribution < -0.4 is 20.9 Å². The van der Waals surface area contributed by atoms with E-state index in [1.165, 1.54) is 37.4 Å². The molecule has 15 heteroatoms. The van der Waals surface area contributed by atoms with Gasteiger partial charge in [-0.2, -0.15) is 26.6 Å². The highest BCUT2D eigenvalue weighted by Crippen LogP contribution is 2.38. The Bertz CT molecular complexity index is 2030. The highest BCUT2D eigenvalue weighted by molar-refractivity contribution is 7.85. The Balaban J connectivity index is 0.000000435. The Labute approximate surface area is 286 Å². The second-order valence-corrected chi connectivity index (χ2v) is 12.4. The molecule has 2 atom stereocenters. The van der Waals surface area contributed by atoms with Crippen LogP contribution in [0.1, 0.15) is 22.8 Å². The molecule has 262 valence electrons. The molecule has 5 rings (SSSR count). The number of nitrogens with two attached hydrogens (primary N) is 2. The van der Waals surface area contributed by atoms with Crippen LogP contribution in [-0.4, -0.2) is 53.3 Å². The van der Waals surface area contributed by atoms with E-state index in [0.717, 1.165) is 11.1 Å². The predicted octanol–water partition coefficient (Wildman–Crippen LogP) is 6.28. The Kier molecular flexibility index (Phi) is 11.8. The van der Waals surface area contributed by atoms with E-state index in [9.17, 15) is 26.4 Å². The smallest absolute Gasteiger partial charge is 0.429 e. The second-order valence-electron chi connectivity index (χ2n) is 11.0. The zero-order valence-corrected chi connectivity index (χ0v) is 27.5. The average Bonchev–Trinajstić information content (AvgIpc) is 3.07. The topological polar surface area (TPSA) is 188 Å². The summed E-state index contributed by atoms with van der Waals surface area (Å²) in [5.41, 5.74) is 15.1. The van der Waals surface area contributed by atoms with Gasteiger partial charge in [0.1, 0.15) is 11.8 Å². The first-order valence-electron chi connectivity index (χ1n) is 14.8. The number of carboxylic acid groups (broad SMARTS) is 1. The van der Waals surface area contributed by atoms with Gasteiger partial charge in [-0.25, -0.2) is 4.98 Å². The Morgan fingerprint density at radius 1 is 0.880 bits per heavy atom. The molecule has 50 heavy (non-hydrogen) atoms. The first kappa shape index (κ1) is 37.3. The normalized spacial score (nSPS) is 12.6. The maximum Gasteiger partial charge on any atom is 0.429 e. The number of alkyl halides is 3. The molecular formula is C35H33F3N4O7S. The number of hydrogen-bond donors (Lipinski definition) is 4. The molecule has 0 amide bonds. The third kappa shape index (κ3) is 10.2. The fourth-order valence-corrected chi connectivity index (χ4v) is 5.09. The fraction of sp³-hybridized carbons (Fsp3) is 0.171. The van der Waals surface area contributed by atoms with Crippen LogP contribution in [0.2, 0.25) is 0 Å². The number of nitrogen functional groups attached to an aromatic ring is 1. The summed E-state index contributed by atoms with van der Waals surface area (Å²) < 4.78 is 82.3. The summed E-state index contributed by atoms with van der Waals surface area (Å²) >= 11 is 0. The van der Waals surface area contributed by atoms with E-state index < -0.39 is 34.4 Å². The SMILES string of the molecule is COc1cccc(-c2ccc([C@@H](Oc3cc(-c4ccc(CC(N)C(=O)O)cc4)nc(N)n3)C(F)(F)F)cc2)c1.Cc1ccc(S(=O)(=O)O)cc1. The highest BCUT2D eigenvalue weighted by Gasteiger charge is 2.43. The average molecular weight is 711 g/mol. The lowest BCUT2D eigenvalue weighted by Crippen LogP contribution is -2.32. The van der Waals surface area contributed by atoms with Gasteiger partial charge in [0.2, 0.25) is 17.9 Å². The summed E-state index contributed by atoms with van der Waals surface area (Å²) in [5.74, 6) is -1.12. The molecule has 0 saturated carbocycles. The van der Waals surface area contributed by atoms with E-state index >= 15 is 0 Å². The summed E-state index contributed by atoms with van der Waals surface area (Å²) in [6.45, 7) is 1.84. The van der Waals surface area contributed by atoms with Gasteiger partial charge in [0, 0.05) is 17.2 Å². The van der Waals surface area contributed by atoms with E-state index in [0.29, 0.717) is 22.4 Å². The van der Waals surface area contributed by atoms with E-state index in [4.69, 9.17) is 30.6 Å². The van der Waals surface area contributed by atoms with Crippen LogP contribution >= 0.6 is 0 Å². The number of carboxylic acids is 1. The second kappa shape index (κ2) is 15.8. The van der Waals surface area contributed by atoms with Gasteiger partial charge >= 0.3 is 12.1 Å². The highest BCUT2D eigenvalue weighted by atomic mass is 32.2. The van der Waals surface area contributed by atoms with Gasteiger partial charge in [0.15, 0.2) is 0 Å². The summed E-state index contributed by atoms with van der Waals surface area (Å²) in [7, 11) is -2.49. The van der Waals surface area contributed by atoms with Crippen molar-refractivity contribution in [1.82, 2.24) is 9.97 Å². The third-order valence-electron chi connectivity index (χ3n) is 7.21. The van der Waals surface area contributed by atoms with Crippen LogP contribution in [0.3, 0.4) is 0 Å². The maximum atomic E-state index is 14.1. The number of aliphatic carboxylic acids is 1. The minimum Gasteiger partial charge on any atom is -0.497 e. The Morgan fingerprint density at radius 2 is 1.50 bits per heavy atom. The van der Waals surface area contributed by atoms with Gasteiger partial charge in [0.25, 0.3) is 10.1 Å². The summed E-state index contributed by atoms with van der Waals surface area (Å²) in [6.07, 6.45) is -6.94. The zero-order chi connectivity index (χ0) is 36.6. The summed E-state index contributed by atoms with van der Waals surface area (Å²) in [6, 6.07) is 25.8. The van der Waals surface area contributed by atoms with Crippen molar-refractivity contribution in [1.29, 1.82) is 0 Å². The predicted molar refractivity (Wildman–Crippen MR) is 180 cm³/mol. The van der Waals surface area contributed by atoms with Crippen LogP contribution in [0.25, 0.3) is 22.4 Å². The number of carbonyl (C=O) groups is 1. The van der Waals surface area contributed by atoms with E-state index in [1.54, 1.807) is 66.7 Å². The minimum atomic E-state index is -4.75. The molecule has 0 aliphatic carbocycles. The maximum absolute atomic E-state index is 14.1. The number of methoxy groups -OCH3 is 1. The summed E-state index contributed by atoms with van der Waals surface area (Å²) in [4.78, 5) is 18.9. The Morgan fingerprint density at radius 3 is 2.06 bits per heavy atom. The molecule has 1 heterocycles. The number of halogens is 3. The molecule has 0 saturated heterocycles. The van der Waals surface area contributed by atoms with Gasteiger partial charge in [-0.15, -0.1) is 0 Å². The molecule has 0 aliphatic heterocycles. The van der Waals surface area contributed by atoms with E-state index in [1.807, 2.05) is 13.0 Å². The molecule has 1 unspecified atom stereocenters. The molecule has 5 aromatic rings. The first-order valence-corrected chi connectivity index (χ1v) is 16.2.